The minimum absolute atomic E-state index is 0.267. The monoisotopic (exact) mass is 225 g/mol. The number of nitrogens with two attached hydrogens (primary N) is 1. The molecule has 0 aliphatic rings. The summed E-state index contributed by atoms with van der Waals surface area (Å²) < 4.78 is 0. The van der Waals surface area contributed by atoms with E-state index in [0.717, 1.165) is 10.6 Å². The SMILES string of the molecule is Cc1ccc(-c2cc(Cl)c(N)nn2)s1. The van der Waals surface area contributed by atoms with E-state index in [4.69, 9.17) is 17.3 Å². The van der Waals surface area contributed by atoms with Gasteiger partial charge in [0.15, 0.2) is 5.82 Å². The van der Waals surface area contributed by atoms with Gasteiger partial charge < -0.3 is 5.73 Å². The van der Waals surface area contributed by atoms with Crippen LogP contribution in [0.1, 0.15) is 4.88 Å². The van der Waals surface area contributed by atoms with Gasteiger partial charge in [-0.25, -0.2) is 0 Å². The summed E-state index contributed by atoms with van der Waals surface area (Å²) in [6.07, 6.45) is 0. The summed E-state index contributed by atoms with van der Waals surface area (Å²) in [5, 5.41) is 8.19. The zero-order valence-electron chi connectivity index (χ0n) is 7.49. The maximum atomic E-state index is 5.85. The number of anilines is 1. The van der Waals surface area contributed by atoms with Gasteiger partial charge in [0.05, 0.1) is 9.90 Å². The fourth-order valence-corrected chi connectivity index (χ4v) is 2.04. The minimum Gasteiger partial charge on any atom is -0.381 e. The largest absolute Gasteiger partial charge is 0.381 e. The Kier molecular flexibility index (Phi) is 2.39. The van der Waals surface area contributed by atoms with E-state index >= 15 is 0 Å². The molecule has 2 aromatic heterocycles. The van der Waals surface area contributed by atoms with Crippen LogP contribution < -0.4 is 5.73 Å². The van der Waals surface area contributed by atoms with E-state index in [9.17, 15) is 0 Å². The molecule has 2 N–H and O–H groups in total. The quantitative estimate of drug-likeness (QED) is 0.812. The standard InChI is InChI=1S/C9H8ClN3S/c1-5-2-3-8(14-5)7-4-6(10)9(11)13-12-7/h2-4H,1H3,(H2,11,13). The van der Waals surface area contributed by atoms with Crippen LogP contribution in [0.25, 0.3) is 10.6 Å². The molecule has 5 heteroatoms. The highest BCUT2D eigenvalue weighted by atomic mass is 35.5. The summed E-state index contributed by atoms with van der Waals surface area (Å²) in [7, 11) is 0. The smallest absolute Gasteiger partial charge is 0.164 e. The number of rotatable bonds is 1. The first-order valence-electron chi connectivity index (χ1n) is 4.02. The number of halogens is 1. The van der Waals surface area contributed by atoms with Crippen molar-refractivity contribution in [2.75, 3.05) is 5.73 Å². The molecular formula is C9H8ClN3S. The second-order valence-corrected chi connectivity index (χ2v) is 4.57. The average molecular weight is 226 g/mol. The highest BCUT2D eigenvalue weighted by molar-refractivity contribution is 7.15. The van der Waals surface area contributed by atoms with E-state index in [1.165, 1.54) is 4.88 Å². The Labute approximate surface area is 90.5 Å². The van der Waals surface area contributed by atoms with E-state index in [1.54, 1.807) is 17.4 Å². The molecular weight excluding hydrogens is 218 g/mol. The second-order valence-electron chi connectivity index (χ2n) is 2.87. The zero-order chi connectivity index (χ0) is 10.1. The third kappa shape index (κ3) is 1.71. The summed E-state index contributed by atoms with van der Waals surface area (Å²) in [5.74, 6) is 0.267. The van der Waals surface area contributed by atoms with Crippen molar-refractivity contribution in [1.82, 2.24) is 10.2 Å². The molecule has 0 bridgehead atoms. The Hall–Kier alpha value is -1.13. The van der Waals surface area contributed by atoms with Gasteiger partial charge in [0.25, 0.3) is 0 Å². The zero-order valence-corrected chi connectivity index (χ0v) is 9.06. The lowest BCUT2D eigenvalue weighted by molar-refractivity contribution is 1.05. The van der Waals surface area contributed by atoms with Crippen LogP contribution in [0.5, 0.6) is 0 Å². The number of thiophene rings is 1. The molecule has 0 saturated carbocycles. The highest BCUT2D eigenvalue weighted by Gasteiger charge is 2.05. The van der Waals surface area contributed by atoms with Gasteiger partial charge in [-0.05, 0) is 25.1 Å². The number of nitrogens with zero attached hydrogens (tertiary/aromatic N) is 2. The van der Waals surface area contributed by atoms with Gasteiger partial charge in [-0.1, -0.05) is 11.6 Å². The Bertz CT molecular complexity index is 467. The minimum atomic E-state index is 0.267. The second kappa shape index (κ2) is 3.55. The molecule has 2 aromatic rings. The number of nitrogen functional groups attached to an aromatic ring is 1. The third-order valence-corrected chi connectivity index (χ3v) is 3.09. The molecule has 0 unspecified atom stereocenters. The third-order valence-electron chi connectivity index (χ3n) is 1.77. The molecule has 0 fully saturated rings. The molecule has 0 radical (unpaired) electrons. The number of aryl methyl sites for hydroxylation is 1. The van der Waals surface area contributed by atoms with Crippen molar-refractivity contribution in [2.45, 2.75) is 6.92 Å². The summed E-state index contributed by atoms with van der Waals surface area (Å²) in [6.45, 7) is 2.04. The van der Waals surface area contributed by atoms with Crippen molar-refractivity contribution in [2.24, 2.45) is 0 Å². The Morgan fingerprint density at radius 3 is 2.71 bits per heavy atom. The lowest BCUT2D eigenvalue weighted by Crippen LogP contribution is -1.94. The first kappa shape index (κ1) is 9.43. The molecule has 72 valence electrons. The van der Waals surface area contributed by atoms with Crippen LogP contribution in [0.2, 0.25) is 5.02 Å². The predicted octanol–water partition coefficient (Wildman–Crippen LogP) is 2.75. The Balaban J connectivity index is 2.47. The van der Waals surface area contributed by atoms with E-state index in [-0.39, 0.29) is 5.82 Å². The Morgan fingerprint density at radius 2 is 2.14 bits per heavy atom. The van der Waals surface area contributed by atoms with Crippen molar-refractivity contribution < 1.29 is 0 Å². The van der Waals surface area contributed by atoms with Crippen molar-refractivity contribution in [3.8, 4) is 10.6 Å². The van der Waals surface area contributed by atoms with E-state index in [2.05, 4.69) is 10.2 Å². The van der Waals surface area contributed by atoms with Crippen LogP contribution in [0, 0.1) is 6.92 Å². The number of aromatic nitrogens is 2. The van der Waals surface area contributed by atoms with Crippen LogP contribution in [-0.2, 0) is 0 Å². The normalized spacial score (nSPS) is 10.4. The van der Waals surface area contributed by atoms with Gasteiger partial charge in [0, 0.05) is 4.88 Å². The topological polar surface area (TPSA) is 51.8 Å². The molecule has 3 nitrogen and oxygen atoms in total. The molecule has 0 atom stereocenters. The molecule has 0 aliphatic heterocycles. The molecule has 2 heterocycles. The van der Waals surface area contributed by atoms with Gasteiger partial charge >= 0.3 is 0 Å². The predicted molar refractivity (Wildman–Crippen MR) is 59.5 cm³/mol. The molecule has 0 spiro atoms. The molecule has 0 amide bonds. The molecule has 0 saturated heterocycles. The van der Waals surface area contributed by atoms with Crippen molar-refractivity contribution in [3.63, 3.8) is 0 Å². The molecule has 2 rings (SSSR count). The average Bonchev–Trinajstić information content (AvgIpc) is 2.57. The van der Waals surface area contributed by atoms with E-state index in [1.807, 2.05) is 19.1 Å². The molecule has 14 heavy (non-hydrogen) atoms. The highest BCUT2D eigenvalue weighted by Crippen LogP contribution is 2.28. The lowest BCUT2D eigenvalue weighted by atomic mass is 10.3. The lowest BCUT2D eigenvalue weighted by Gasteiger charge is -1.98. The maximum absolute atomic E-state index is 5.85. The van der Waals surface area contributed by atoms with Crippen LogP contribution >= 0.6 is 22.9 Å². The van der Waals surface area contributed by atoms with E-state index in [0.29, 0.717) is 5.02 Å². The fraction of sp³-hybridized carbons (Fsp3) is 0.111. The molecule has 0 aliphatic carbocycles. The van der Waals surface area contributed by atoms with Gasteiger partial charge in [-0.3, -0.25) is 0 Å². The first-order valence-corrected chi connectivity index (χ1v) is 5.22. The van der Waals surface area contributed by atoms with Crippen molar-refractivity contribution in [3.05, 3.63) is 28.1 Å². The van der Waals surface area contributed by atoms with Crippen LogP contribution in [-0.4, -0.2) is 10.2 Å². The Morgan fingerprint density at radius 1 is 1.36 bits per heavy atom. The van der Waals surface area contributed by atoms with Gasteiger partial charge in [0.2, 0.25) is 0 Å². The summed E-state index contributed by atoms with van der Waals surface area (Å²) in [6, 6.07) is 5.76. The maximum Gasteiger partial charge on any atom is 0.164 e. The first-order chi connectivity index (χ1) is 6.66. The van der Waals surface area contributed by atoms with Gasteiger partial charge in [-0.2, -0.15) is 0 Å². The van der Waals surface area contributed by atoms with Gasteiger partial charge in [0.1, 0.15) is 5.69 Å². The van der Waals surface area contributed by atoms with Crippen LogP contribution in [0.4, 0.5) is 5.82 Å². The summed E-state index contributed by atoms with van der Waals surface area (Å²) in [4.78, 5) is 2.28. The summed E-state index contributed by atoms with van der Waals surface area (Å²) in [5.41, 5.74) is 6.24. The van der Waals surface area contributed by atoms with E-state index < -0.39 is 0 Å². The van der Waals surface area contributed by atoms with Crippen molar-refractivity contribution in [1.29, 1.82) is 0 Å². The van der Waals surface area contributed by atoms with Crippen LogP contribution in [0.15, 0.2) is 18.2 Å². The molecule has 0 aromatic carbocycles. The van der Waals surface area contributed by atoms with Gasteiger partial charge in [-0.15, -0.1) is 21.5 Å². The van der Waals surface area contributed by atoms with Crippen molar-refractivity contribution >= 4 is 28.8 Å². The summed E-state index contributed by atoms with van der Waals surface area (Å²) >= 11 is 7.50. The number of hydrogen-bond acceptors (Lipinski definition) is 4. The van der Waals surface area contributed by atoms with Crippen LogP contribution in [0.3, 0.4) is 0 Å². The fourth-order valence-electron chi connectivity index (χ4n) is 1.07. The number of hydrogen-bond donors (Lipinski definition) is 1.